The molecule has 2 aromatic heterocycles. The fourth-order valence-electron chi connectivity index (χ4n) is 2.07. The highest BCUT2D eigenvalue weighted by Gasteiger charge is 2.16. The number of carbonyl (C=O) groups is 2. The van der Waals surface area contributed by atoms with Crippen molar-refractivity contribution in [2.45, 2.75) is 13.5 Å². The van der Waals surface area contributed by atoms with Crippen LogP contribution in [-0.4, -0.2) is 23.5 Å². The number of halogens is 1. The molecule has 0 aliphatic carbocycles. The van der Waals surface area contributed by atoms with Gasteiger partial charge in [0.1, 0.15) is 5.01 Å². The normalized spacial score (nSPS) is 10.8. The Balaban J connectivity index is 1.66. The van der Waals surface area contributed by atoms with Crippen LogP contribution in [0.3, 0.4) is 0 Å². The van der Waals surface area contributed by atoms with E-state index in [0.717, 1.165) is 0 Å². The van der Waals surface area contributed by atoms with Crippen molar-refractivity contribution in [2.75, 3.05) is 6.61 Å². The topological polar surface area (TPSA) is 81.4 Å². The zero-order chi connectivity index (χ0) is 17.1. The number of amides is 1. The first-order valence-electron chi connectivity index (χ1n) is 7.16. The van der Waals surface area contributed by atoms with Gasteiger partial charge in [-0.15, -0.1) is 11.3 Å². The molecule has 1 N–H and O–H groups in total. The van der Waals surface area contributed by atoms with Crippen LogP contribution >= 0.6 is 11.3 Å². The quantitative estimate of drug-likeness (QED) is 0.717. The Morgan fingerprint density at radius 1 is 1.42 bits per heavy atom. The minimum absolute atomic E-state index is 0.0114. The van der Waals surface area contributed by atoms with E-state index in [1.54, 1.807) is 24.4 Å². The first-order chi connectivity index (χ1) is 11.6. The van der Waals surface area contributed by atoms with Crippen LogP contribution in [0.5, 0.6) is 0 Å². The number of thiazole rings is 1. The Labute approximate surface area is 140 Å². The van der Waals surface area contributed by atoms with E-state index in [2.05, 4.69) is 10.3 Å². The summed E-state index contributed by atoms with van der Waals surface area (Å²) in [7, 11) is 0. The molecule has 0 unspecified atom stereocenters. The van der Waals surface area contributed by atoms with E-state index in [-0.39, 0.29) is 30.2 Å². The molecule has 8 heteroatoms. The summed E-state index contributed by atoms with van der Waals surface area (Å²) in [6.45, 7) is 2.11. The molecule has 3 aromatic rings. The highest BCUT2D eigenvalue weighted by Crippen LogP contribution is 2.22. The predicted octanol–water partition coefficient (Wildman–Crippen LogP) is 3.14. The van der Waals surface area contributed by atoms with Gasteiger partial charge in [-0.3, -0.25) is 4.79 Å². The first-order valence-corrected chi connectivity index (χ1v) is 8.04. The standard InChI is InChI=1S/C16H13FN2O4S/c1-2-22-16(21)11-8-24-13(19-11)7-18-15(20)12-6-9-4-3-5-10(17)14(9)23-12/h3-6,8H,2,7H2,1H3,(H,18,20). The SMILES string of the molecule is CCOC(=O)c1csc(CNC(=O)c2cc3cccc(F)c3o2)n1. The second-order valence-corrected chi connectivity index (χ2v) is 5.74. The monoisotopic (exact) mass is 348 g/mol. The average molecular weight is 348 g/mol. The summed E-state index contributed by atoms with van der Waals surface area (Å²) in [5, 5.41) is 5.25. The summed E-state index contributed by atoms with van der Waals surface area (Å²) in [5.74, 6) is -1.50. The lowest BCUT2D eigenvalue weighted by Crippen LogP contribution is -2.22. The molecular weight excluding hydrogens is 335 g/mol. The van der Waals surface area contributed by atoms with Gasteiger partial charge in [-0.25, -0.2) is 14.2 Å². The number of rotatable bonds is 5. The van der Waals surface area contributed by atoms with E-state index in [1.165, 1.54) is 23.5 Å². The Morgan fingerprint density at radius 3 is 3.00 bits per heavy atom. The molecular formula is C16H13FN2O4S. The maximum atomic E-state index is 13.6. The summed E-state index contributed by atoms with van der Waals surface area (Å²) in [5.41, 5.74) is 0.249. The average Bonchev–Trinajstić information content (AvgIpc) is 3.20. The summed E-state index contributed by atoms with van der Waals surface area (Å²) in [6.07, 6.45) is 0. The van der Waals surface area contributed by atoms with E-state index in [0.29, 0.717) is 10.4 Å². The van der Waals surface area contributed by atoms with Crippen LogP contribution in [-0.2, 0) is 11.3 Å². The van der Waals surface area contributed by atoms with Gasteiger partial charge < -0.3 is 14.5 Å². The van der Waals surface area contributed by atoms with Gasteiger partial charge >= 0.3 is 5.97 Å². The number of fused-ring (bicyclic) bond motifs is 1. The molecule has 1 aromatic carbocycles. The van der Waals surface area contributed by atoms with Gasteiger partial charge in [0.2, 0.25) is 0 Å². The minimum Gasteiger partial charge on any atom is -0.461 e. The van der Waals surface area contributed by atoms with Crippen LogP contribution in [0.2, 0.25) is 0 Å². The molecule has 0 saturated heterocycles. The van der Waals surface area contributed by atoms with Crippen molar-refractivity contribution in [2.24, 2.45) is 0 Å². The third-order valence-electron chi connectivity index (χ3n) is 3.16. The third-order valence-corrected chi connectivity index (χ3v) is 4.01. The van der Waals surface area contributed by atoms with Crippen molar-refractivity contribution >= 4 is 34.2 Å². The van der Waals surface area contributed by atoms with Crippen molar-refractivity contribution < 1.29 is 23.1 Å². The number of benzene rings is 1. The minimum atomic E-state index is -0.523. The number of esters is 1. The molecule has 0 aliphatic heterocycles. The lowest BCUT2D eigenvalue weighted by molar-refractivity contribution is 0.0520. The first kappa shape index (κ1) is 16.1. The second-order valence-electron chi connectivity index (χ2n) is 4.80. The number of nitrogens with one attached hydrogen (secondary N) is 1. The fraction of sp³-hybridized carbons (Fsp3) is 0.188. The molecule has 2 heterocycles. The Hall–Kier alpha value is -2.74. The van der Waals surface area contributed by atoms with Crippen molar-refractivity contribution in [1.82, 2.24) is 10.3 Å². The molecule has 124 valence electrons. The van der Waals surface area contributed by atoms with Gasteiger partial charge in [0.25, 0.3) is 5.91 Å². The van der Waals surface area contributed by atoms with Crippen molar-refractivity contribution in [1.29, 1.82) is 0 Å². The second kappa shape index (κ2) is 6.79. The molecule has 24 heavy (non-hydrogen) atoms. The van der Waals surface area contributed by atoms with Crippen molar-refractivity contribution in [3.8, 4) is 0 Å². The van der Waals surface area contributed by atoms with E-state index < -0.39 is 17.7 Å². The Bertz CT molecular complexity index is 903. The van der Waals surface area contributed by atoms with E-state index >= 15 is 0 Å². The fourth-order valence-corrected chi connectivity index (χ4v) is 2.78. The maximum absolute atomic E-state index is 13.6. The number of aromatic nitrogens is 1. The van der Waals surface area contributed by atoms with Crippen LogP contribution < -0.4 is 5.32 Å². The number of furan rings is 1. The lowest BCUT2D eigenvalue weighted by Gasteiger charge is -2.00. The molecule has 0 saturated carbocycles. The lowest BCUT2D eigenvalue weighted by atomic mass is 10.2. The number of hydrogen-bond acceptors (Lipinski definition) is 6. The van der Waals surface area contributed by atoms with Gasteiger partial charge in [-0.1, -0.05) is 12.1 Å². The van der Waals surface area contributed by atoms with E-state index in [1.807, 2.05) is 0 Å². The highest BCUT2D eigenvalue weighted by atomic mass is 32.1. The van der Waals surface area contributed by atoms with Crippen LogP contribution in [0.25, 0.3) is 11.0 Å². The predicted molar refractivity (Wildman–Crippen MR) is 85.4 cm³/mol. The van der Waals surface area contributed by atoms with Crippen LogP contribution in [0.4, 0.5) is 4.39 Å². The molecule has 6 nitrogen and oxygen atoms in total. The largest absolute Gasteiger partial charge is 0.461 e. The van der Waals surface area contributed by atoms with Crippen LogP contribution in [0, 0.1) is 5.82 Å². The summed E-state index contributed by atoms with van der Waals surface area (Å²) >= 11 is 1.23. The molecule has 0 spiro atoms. The molecule has 0 aliphatic rings. The van der Waals surface area contributed by atoms with Crippen molar-refractivity contribution in [3.63, 3.8) is 0 Å². The van der Waals surface area contributed by atoms with Gasteiger partial charge in [0, 0.05) is 10.8 Å². The van der Waals surface area contributed by atoms with E-state index in [9.17, 15) is 14.0 Å². The molecule has 0 radical (unpaired) electrons. The van der Waals surface area contributed by atoms with Gasteiger partial charge in [-0.2, -0.15) is 0 Å². The summed E-state index contributed by atoms with van der Waals surface area (Å²) in [4.78, 5) is 27.7. The summed E-state index contributed by atoms with van der Waals surface area (Å²) < 4.78 is 23.7. The third kappa shape index (κ3) is 3.28. The molecule has 0 bridgehead atoms. The van der Waals surface area contributed by atoms with Crippen molar-refractivity contribution in [3.05, 3.63) is 51.9 Å². The number of hydrogen-bond donors (Lipinski definition) is 1. The number of nitrogens with zero attached hydrogens (tertiary/aromatic N) is 1. The molecule has 0 atom stereocenters. The zero-order valence-corrected chi connectivity index (χ0v) is 13.5. The Morgan fingerprint density at radius 2 is 2.25 bits per heavy atom. The number of carbonyl (C=O) groups excluding carboxylic acids is 2. The molecule has 0 fully saturated rings. The number of para-hydroxylation sites is 1. The number of ether oxygens (including phenoxy) is 1. The summed E-state index contributed by atoms with van der Waals surface area (Å²) in [6, 6.07) is 5.94. The molecule has 3 rings (SSSR count). The zero-order valence-electron chi connectivity index (χ0n) is 12.7. The van der Waals surface area contributed by atoms with Gasteiger partial charge in [0.15, 0.2) is 22.9 Å². The van der Waals surface area contributed by atoms with Crippen LogP contribution in [0.1, 0.15) is 33.0 Å². The highest BCUT2D eigenvalue weighted by molar-refractivity contribution is 7.09. The van der Waals surface area contributed by atoms with Gasteiger partial charge in [0.05, 0.1) is 13.2 Å². The smallest absolute Gasteiger partial charge is 0.357 e. The van der Waals surface area contributed by atoms with Gasteiger partial charge in [-0.05, 0) is 19.1 Å². The van der Waals surface area contributed by atoms with E-state index in [4.69, 9.17) is 9.15 Å². The Kier molecular flexibility index (Phi) is 4.57. The maximum Gasteiger partial charge on any atom is 0.357 e. The van der Waals surface area contributed by atoms with Crippen LogP contribution in [0.15, 0.2) is 34.1 Å². The molecule has 1 amide bonds.